The maximum Gasteiger partial charge on any atom is 0.450 e. The van der Waals surface area contributed by atoms with E-state index >= 15 is 0 Å². The summed E-state index contributed by atoms with van der Waals surface area (Å²) in [5.41, 5.74) is -0.0669. The van der Waals surface area contributed by atoms with Gasteiger partial charge in [0.15, 0.2) is 12.1 Å². The molecule has 1 aromatic rings. The predicted molar refractivity (Wildman–Crippen MR) is 82.8 cm³/mol. The van der Waals surface area contributed by atoms with Crippen molar-refractivity contribution < 1.29 is 41.1 Å². The molecule has 0 unspecified atom stereocenters. The van der Waals surface area contributed by atoms with Crippen LogP contribution >= 0.6 is 7.60 Å². The second-order valence-corrected chi connectivity index (χ2v) is 6.76. The van der Waals surface area contributed by atoms with Crippen molar-refractivity contribution in [3.05, 3.63) is 29.8 Å². The fourth-order valence-corrected chi connectivity index (χ4v) is 3.06. The Hall–Kier alpha value is -1.70. The van der Waals surface area contributed by atoms with E-state index < -0.39 is 31.8 Å². The summed E-state index contributed by atoms with van der Waals surface area (Å²) in [4.78, 5) is 22.5. The van der Waals surface area contributed by atoms with Gasteiger partial charge in [-0.25, -0.2) is 0 Å². The molecule has 6 nitrogen and oxygen atoms in total. The molecule has 1 rings (SSSR count). The largest absolute Gasteiger partial charge is 0.481 e. The van der Waals surface area contributed by atoms with Gasteiger partial charge in [0, 0.05) is 5.56 Å². The van der Waals surface area contributed by atoms with Crippen molar-refractivity contribution in [1.82, 2.24) is 0 Å². The maximum atomic E-state index is 12.2. The molecule has 25 heavy (non-hydrogen) atoms. The zero-order valence-electron chi connectivity index (χ0n) is 13.7. The standard InChI is InChI=1S/C15H18F3O6P/c1-3-23-25(21,24-4-2)10-22-12-7-5-11(6-8-12)13(19)9-14(20)15(16,17)18/h5-8H,3-4,9-10H2,1-2H3. The van der Waals surface area contributed by atoms with Crippen LogP contribution in [0, 0.1) is 0 Å². The molecule has 0 aliphatic carbocycles. The van der Waals surface area contributed by atoms with Gasteiger partial charge >= 0.3 is 13.8 Å². The van der Waals surface area contributed by atoms with Gasteiger partial charge in [-0.3, -0.25) is 14.2 Å². The number of alkyl halides is 3. The number of Topliss-reactive ketones (excluding diaryl/α,β-unsaturated/α-hetero) is 2. The molecule has 0 saturated carbocycles. The number of rotatable bonds is 10. The number of benzene rings is 1. The number of carbonyl (C=O) groups is 2. The van der Waals surface area contributed by atoms with Crippen molar-refractivity contribution >= 4 is 19.2 Å². The Morgan fingerprint density at radius 3 is 2.00 bits per heavy atom. The van der Waals surface area contributed by atoms with Crippen molar-refractivity contribution in [2.75, 3.05) is 19.6 Å². The number of ether oxygens (including phenoxy) is 1. The topological polar surface area (TPSA) is 78.9 Å². The first-order valence-corrected chi connectivity index (χ1v) is 9.08. The van der Waals surface area contributed by atoms with Gasteiger partial charge in [-0.1, -0.05) is 0 Å². The van der Waals surface area contributed by atoms with Gasteiger partial charge in [0.25, 0.3) is 0 Å². The molecule has 0 heterocycles. The van der Waals surface area contributed by atoms with Gasteiger partial charge in [-0.2, -0.15) is 13.2 Å². The van der Waals surface area contributed by atoms with Crippen molar-refractivity contribution in [3.63, 3.8) is 0 Å². The lowest BCUT2D eigenvalue weighted by Crippen LogP contribution is -2.25. The number of carbonyl (C=O) groups excluding carboxylic acids is 2. The lowest BCUT2D eigenvalue weighted by molar-refractivity contribution is -0.170. The Bertz CT molecular complexity index is 632. The van der Waals surface area contributed by atoms with Crippen LogP contribution in [0.3, 0.4) is 0 Å². The molecule has 0 N–H and O–H groups in total. The van der Waals surface area contributed by atoms with E-state index in [2.05, 4.69) is 0 Å². The quantitative estimate of drug-likeness (QED) is 0.346. The maximum absolute atomic E-state index is 12.2. The van der Waals surface area contributed by atoms with Crippen LogP contribution in [0.2, 0.25) is 0 Å². The fourth-order valence-electron chi connectivity index (χ4n) is 1.74. The summed E-state index contributed by atoms with van der Waals surface area (Å²) in [5.74, 6) is -2.84. The van der Waals surface area contributed by atoms with E-state index in [-0.39, 0.29) is 30.9 Å². The van der Waals surface area contributed by atoms with E-state index in [1.54, 1.807) is 13.8 Å². The molecule has 0 fully saturated rings. The molecule has 10 heteroatoms. The lowest BCUT2D eigenvalue weighted by Gasteiger charge is -2.17. The van der Waals surface area contributed by atoms with Gasteiger partial charge in [-0.15, -0.1) is 0 Å². The van der Waals surface area contributed by atoms with Crippen molar-refractivity contribution in [1.29, 1.82) is 0 Å². The van der Waals surface area contributed by atoms with Crippen LogP contribution in [-0.2, 0) is 18.4 Å². The molecule has 0 radical (unpaired) electrons. The molecule has 0 aliphatic heterocycles. The zero-order valence-corrected chi connectivity index (χ0v) is 14.6. The van der Waals surface area contributed by atoms with Crippen LogP contribution in [-0.4, -0.2) is 37.3 Å². The Morgan fingerprint density at radius 2 is 1.56 bits per heavy atom. The zero-order chi connectivity index (χ0) is 19.1. The first-order chi connectivity index (χ1) is 11.6. The minimum absolute atomic E-state index is 0.0669. The molecule has 0 saturated heterocycles. The Morgan fingerprint density at radius 1 is 1.04 bits per heavy atom. The van der Waals surface area contributed by atoms with E-state index in [0.717, 1.165) is 0 Å². The van der Waals surface area contributed by atoms with Crippen molar-refractivity contribution in [3.8, 4) is 5.75 Å². The van der Waals surface area contributed by atoms with Gasteiger partial charge in [0.1, 0.15) is 5.75 Å². The van der Waals surface area contributed by atoms with E-state index in [4.69, 9.17) is 13.8 Å². The van der Waals surface area contributed by atoms with E-state index in [1.807, 2.05) is 0 Å². The first-order valence-electron chi connectivity index (χ1n) is 7.35. The smallest absolute Gasteiger partial charge is 0.450 e. The third-order valence-corrected chi connectivity index (χ3v) is 4.60. The molecule has 1 aromatic carbocycles. The monoisotopic (exact) mass is 382 g/mol. The average Bonchev–Trinajstić information content (AvgIpc) is 2.53. The Labute approximate surface area is 142 Å². The van der Waals surface area contributed by atoms with Gasteiger partial charge in [0.05, 0.1) is 19.6 Å². The minimum atomic E-state index is -5.04. The molecule has 0 atom stereocenters. The summed E-state index contributed by atoms with van der Waals surface area (Å²) in [6.45, 7) is 3.63. The molecule has 140 valence electrons. The number of halogens is 3. The molecule has 0 aliphatic rings. The van der Waals surface area contributed by atoms with Crippen LogP contribution in [0.25, 0.3) is 0 Å². The third-order valence-electron chi connectivity index (χ3n) is 2.85. The van der Waals surface area contributed by atoms with Gasteiger partial charge < -0.3 is 13.8 Å². The second kappa shape index (κ2) is 9.12. The molecule has 0 amide bonds. The van der Waals surface area contributed by atoms with Crippen LogP contribution in [0.1, 0.15) is 30.6 Å². The third kappa shape index (κ3) is 6.97. The van der Waals surface area contributed by atoms with Crippen molar-refractivity contribution in [2.24, 2.45) is 0 Å². The number of ketones is 2. The van der Waals surface area contributed by atoms with Crippen LogP contribution in [0.15, 0.2) is 24.3 Å². The fraction of sp³-hybridized carbons (Fsp3) is 0.467. The molecule has 0 spiro atoms. The highest BCUT2D eigenvalue weighted by atomic mass is 31.2. The van der Waals surface area contributed by atoms with Crippen molar-refractivity contribution in [2.45, 2.75) is 26.4 Å². The Balaban J connectivity index is 2.68. The van der Waals surface area contributed by atoms with Gasteiger partial charge in [-0.05, 0) is 38.1 Å². The molecule has 0 bridgehead atoms. The highest BCUT2D eigenvalue weighted by molar-refractivity contribution is 7.53. The highest BCUT2D eigenvalue weighted by Crippen LogP contribution is 2.47. The minimum Gasteiger partial charge on any atom is -0.481 e. The average molecular weight is 382 g/mol. The first kappa shape index (κ1) is 21.3. The highest BCUT2D eigenvalue weighted by Gasteiger charge is 2.39. The SMILES string of the molecule is CCOP(=O)(COc1ccc(C(=O)CC(=O)C(F)(F)F)cc1)OCC. The Kier molecular flexibility index (Phi) is 7.79. The molecule has 0 aromatic heterocycles. The van der Waals surface area contributed by atoms with Gasteiger partial charge in [0.2, 0.25) is 5.78 Å². The summed E-state index contributed by atoms with van der Waals surface area (Å²) in [5, 5.41) is 0. The normalized spacial score (nSPS) is 12.0. The summed E-state index contributed by atoms with van der Waals surface area (Å²) in [7, 11) is -3.41. The molecular weight excluding hydrogens is 364 g/mol. The lowest BCUT2D eigenvalue weighted by atomic mass is 10.1. The second-order valence-electron chi connectivity index (χ2n) is 4.77. The predicted octanol–water partition coefficient (Wildman–Crippen LogP) is 3.99. The molecular formula is C15H18F3O6P. The number of hydrogen-bond acceptors (Lipinski definition) is 6. The van der Waals surface area contributed by atoms with Crippen LogP contribution in [0.4, 0.5) is 13.2 Å². The number of hydrogen-bond donors (Lipinski definition) is 0. The van der Waals surface area contributed by atoms with Crippen LogP contribution < -0.4 is 4.74 Å². The summed E-state index contributed by atoms with van der Waals surface area (Å²) < 4.78 is 64.0. The van der Waals surface area contributed by atoms with E-state index in [1.165, 1.54) is 24.3 Å². The summed E-state index contributed by atoms with van der Waals surface area (Å²) in [6.07, 6.45) is -6.65. The van der Waals surface area contributed by atoms with Crippen LogP contribution in [0.5, 0.6) is 5.75 Å². The van der Waals surface area contributed by atoms with E-state index in [0.29, 0.717) is 0 Å². The summed E-state index contributed by atoms with van der Waals surface area (Å²) in [6, 6.07) is 5.06. The summed E-state index contributed by atoms with van der Waals surface area (Å²) >= 11 is 0. The van der Waals surface area contributed by atoms with E-state index in [9.17, 15) is 27.3 Å².